The quantitative estimate of drug-likeness (QED) is 0.535. The van der Waals surface area contributed by atoms with Crippen LogP contribution < -0.4 is 0 Å². The zero-order valence-corrected chi connectivity index (χ0v) is 6.48. The van der Waals surface area contributed by atoms with Crippen LogP contribution in [0.4, 0.5) is 0 Å². The standard InChI is InChI=1S/C9H18/c1-8(2)7-9-5-3-4-6-9/h8-9H,3-7H2,1-2H3/i7D2. The molecule has 0 aromatic carbocycles. The van der Waals surface area contributed by atoms with Gasteiger partial charge < -0.3 is 0 Å². The first-order chi connectivity index (χ1) is 5.05. The van der Waals surface area contributed by atoms with Crippen molar-refractivity contribution in [2.45, 2.75) is 45.9 Å². The topological polar surface area (TPSA) is 0 Å². The first kappa shape index (κ1) is 4.76. The summed E-state index contributed by atoms with van der Waals surface area (Å²) in [5.74, 6) is 0.507. The summed E-state index contributed by atoms with van der Waals surface area (Å²) in [6.07, 6.45) is 3.75. The zero-order chi connectivity index (χ0) is 8.48. The summed E-state index contributed by atoms with van der Waals surface area (Å²) < 4.78 is 15.7. The predicted molar refractivity (Wildman–Crippen MR) is 41.4 cm³/mol. The number of rotatable bonds is 2. The van der Waals surface area contributed by atoms with E-state index in [-0.39, 0.29) is 5.92 Å². The second-order valence-electron chi connectivity index (χ2n) is 3.30. The van der Waals surface area contributed by atoms with Crippen LogP contribution >= 0.6 is 0 Å². The van der Waals surface area contributed by atoms with Gasteiger partial charge in [-0.15, -0.1) is 0 Å². The van der Waals surface area contributed by atoms with E-state index < -0.39 is 6.37 Å². The predicted octanol–water partition coefficient (Wildman–Crippen LogP) is 3.22. The van der Waals surface area contributed by atoms with Gasteiger partial charge in [0.05, 0.1) is 0 Å². The van der Waals surface area contributed by atoms with Gasteiger partial charge in [0, 0.05) is 2.74 Å². The molecule has 9 heavy (non-hydrogen) atoms. The van der Waals surface area contributed by atoms with E-state index in [4.69, 9.17) is 2.74 Å². The molecule has 0 aromatic rings. The Balaban J connectivity index is 2.55. The minimum absolute atomic E-state index is 0.172. The highest BCUT2D eigenvalue weighted by molar-refractivity contribution is 4.67. The fourth-order valence-electron chi connectivity index (χ4n) is 1.56. The van der Waals surface area contributed by atoms with Crippen LogP contribution in [0.1, 0.15) is 48.6 Å². The Hall–Kier alpha value is 0. The molecular weight excluding hydrogens is 108 g/mol. The van der Waals surface area contributed by atoms with Gasteiger partial charge in [0.15, 0.2) is 0 Å². The summed E-state index contributed by atoms with van der Waals surface area (Å²) in [5.41, 5.74) is 0. The summed E-state index contributed by atoms with van der Waals surface area (Å²) in [6.45, 7) is 3.97. The summed E-state index contributed by atoms with van der Waals surface area (Å²) in [5, 5.41) is 0. The molecule has 0 atom stereocenters. The van der Waals surface area contributed by atoms with E-state index in [1.165, 1.54) is 12.8 Å². The SMILES string of the molecule is [2H]C([2H])(C(C)C)C1CCCC1. The van der Waals surface area contributed by atoms with Gasteiger partial charge >= 0.3 is 0 Å². The summed E-state index contributed by atoms with van der Waals surface area (Å²) in [7, 11) is 0. The monoisotopic (exact) mass is 128 g/mol. The Morgan fingerprint density at radius 2 is 2.00 bits per heavy atom. The van der Waals surface area contributed by atoms with Crippen LogP contribution in [-0.4, -0.2) is 0 Å². The molecule has 0 bridgehead atoms. The van der Waals surface area contributed by atoms with Gasteiger partial charge in [-0.3, -0.25) is 0 Å². The molecule has 54 valence electrons. The molecule has 0 saturated heterocycles. The molecule has 0 N–H and O–H groups in total. The average Bonchev–Trinajstić information content (AvgIpc) is 2.37. The van der Waals surface area contributed by atoms with Crippen LogP contribution in [0.2, 0.25) is 0 Å². The summed E-state index contributed by atoms with van der Waals surface area (Å²) in [4.78, 5) is 0. The lowest BCUT2D eigenvalue weighted by atomic mass is 9.96. The highest BCUT2D eigenvalue weighted by Gasteiger charge is 2.15. The van der Waals surface area contributed by atoms with Crippen LogP contribution in [0.5, 0.6) is 0 Å². The Bertz CT molecular complexity index is 124. The molecule has 0 amide bonds. The molecule has 0 spiro atoms. The molecule has 0 heteroatoms. The summed E-state index contributed by atoms with van der Waals surface area (Å²) >= 11 is 0. The van der Waals surface area contributed by atoms with Gasteiger partial charge in [0.25, 0.3) is 0 Å². The minimum atomic E-state index is -0.920. The van der Waals surface area contributed by atoms with Crippen molar-refractivity contribution in [3.05, 3.63) is 0 Å². The van der Waals surface area contributed by atoms with Gasteiger partial charge in [-0.1, -0.05) is 39.5 Å². The lowest BCUT2D eigenvalue weighted by Gasteiger charge is -2.10. The normalized spacial score (nSPS) is 26.6. The number of hydrogen-bond donors (Lipinski definition) is 0. The molecule has 1 rings (SSSR count). The molecule has 0 aromatic heterocycles. The van der Waals surface area contributed by atoms with E-state index in [1.54, 1.807) is 0 Å². The Morgan fingerprint density at radius 3 is 2.44 bits per heavy atom. The van der Waals surface area contributed by atoms with Crippen molar-refractivity contribution in [2.24, 2.45) is 11.8 Å². The molecular formula is C9H18. The van der Waals surface area contributed by atoms with Gasteiger partial charge in [-0.2, -0.15) is 0 Å². The van der Waals surface area contributed by atoms with Gasteiger partial charge in [0.2, 0.25) is 0 Å². The van der Waals surface area contributed by atoms with Gasteiger partial charge in [0.1, 0.15) is 0 Å². The highest BCUT2D eigenvalue weighted by atomic mass is 14.2. The maximum Gasteiger partial charge on any atom is 0.0272 e. The molecule has 0 aliphatic heterocycles. The van der Waals surface area contributed by atoms with Crippen molar-refractivity contribution in [1.82, 2.24) is 0 Å². The van der Waals surface area contributed by atoms with Crippen molar-refractivity contribution in [1.29, 1.82) is 0 Å². The second kappa shape index (κ2) is 3.24. The Morgan fingerprint density at radius 1 is 1.44 bits per heavy atom. The van der Waals surface area contributed by atoms with E-state index in [2.05, 4.69) is 0 Å². The smallest absolute Gasteiger partial charge is 0.0272 e. The molecule has 1 fully saturated rings. The van der Waals surface area contributed by atoms with Crippen LogP contribution in [0, 0.1) is 11.8 Å². The van der Waals surface area contributed by atoms with Gasteiger partial charge in [-0.25, -0.2) is 0 Å². The van der Waals surface area contributed by atoms with Crippen LogP contribution in [0.15, 0.2) is 0 Å². The fourth-order valence-corrected chi connectivity index (χ4v) is 1.56. The lowest BCUT2D eigenvalue weighted by molar-refractivity contribution is 0.419. The zero-order valence-electron chi connectivity index (χ0n) is 8.48. The minimum Gasteiger partial charge on any atom is -0.0628 e. The number of hydrogen-bond acceptors (Lipinski definition) is 0. The third kappa shape index (κ3) is 2.38. The van der Waals surface area contributed by atoms with Crippen molar-refractivity contribution in [3.63, 3.8) is 0 Å². The summed E-state index contributed by atoms with van der Waals surface area (Å²) in [6, 6.07) is 0. The van der Waals surface area contributed by atoms with E-state index >= 15 is 0 Å². The third-order valence-corrected chi connectivity index (χ3v) is 1.92. The molecule has 0 unspecified atom stereocenters. The van der Waals surface area contributed by atoms with Crippen LogP contribution in [-0.2, 0) is 0 Å². The molecule has 1 aliphatic rings. The van der Waals surface area contributed by atoms with Gasteiger partial charge in [-0.05, 0) is 18.2 Å². The molecule has 0 heterocycles. The largest absolute Gasteiger partial charge is 0.0628 e. The highest BCUT2D eigenvalue weighted by Crippen LogP contribution is 2.29. The average molecular weight is 128 g/mol. The lowest BCUT2D eigenvalue weighted by Crippen LogP contribution is -1.98. The molecule has 0 nitrogen and oxygen atoms in total. The van der Waals surface area contributed by atoms with E-state index in [0.717, 1.165) is 12.8 Å². The first-order valence-electron chi connectivity index (χ1n) is 5.05. The van der Waals surface area contributed by atoms with Crippen molar-refractivity contribution in [3.8, 4) is 0 Å². The van der Waals surface area contributed by atoms with E-state index in [0.29, 0.717) is 5.92 Å². The maximum absolute atomic E-state index is 7.84. The molecule has 0 radical (unpaired) electrons. The Labute approximate surface area is 61.5 Å². The van der Waals surface area contributed by atoms with E-state index in [1.807, 2.05) is 13.8 Å². The van der Waals surface area contributed by atoms with Crippen molar-refractivity contribution < 1.29 is 2.74 Å². The molecule has 1 aliphatic carbocycles. The second-order valence-corrected chi connectivity index (χ2v) is 3.30. The first-order valence-corrected chi connectivity index (χ1v) is 4.05. The maximum atomic E-state index is 7.84. The Kier molecular flexibility index (Phi) is 1.71. The van der Waals surface area contributed by atoms with E-state index in [9.17, 15) is 0 Å². The third-order valence-electron chi connectivity index (χ3n) is 1.92. The van der Waals surface area contributed by atoms with Crippen LogP contribution in [0.25, 0.3) is 0 Å². The molecule has 1 saturated carbocycles. The fraction of sp³-hybridized carbons (Fsp3) is 1.00. The van der Waals surface area contributed by atoms with Crippen LogP contribution in [0.3, 0.4) is 0 Å². The van der Waals surface area contributed by atoms with Crippen molar-refractivity contribution >= 4 is 0 Å². The van der Waals surface area contributed by atoms with Crippen molar-refractivity contribution in [2.75, 3.05) is 0 Å².